The van der Waals surface area contributed by atoms with Crippen LogP contribution in [0.3, 0.4) is 0 Å². The monoisotopic (exact) mass is 531 g/mol. The summed E-state index contributed by atoms with van der Waals surface area (Å²) in [6.45, 7) is 3.76. The Balaban J connectivity index is 2.45. The molecule has 0 saturated heterocycles. The Bertz CT molecular complexity index is 1190. The van der Waals surface area contributed by atoms with E-state index in [0.29, 0.717) is 16.8 Å². The SMILES string of the molecule is CC[C@@H](C)NC(=O)[C@H](C)N(Cc1ccccc1F)C(=O)CN(c1cccc(C(F)(F)F)c1)S(C)(=O)=O. The van der Waals surface area contributed by atoms with Gasteiger partial charge in [-0.25, -0.2) is 12.8 Å². The number of anilines is 1. The van der Waals surface area contributed by atoms with Gasteiger partial charge in [-0.1, -0.05) is 31.2 Å². The lowest BCUT2D eigenvalue weighted by Gasteiger charge is -2.32. The zero-order chi connectivity index (χ0) is 27.3. The summed E-state index contributed by atoms with van der Waals surface area (Å²) in [5, 5.41) is 2.72. The van der Waals surface area contributed by atoms with Crippen LogP contribution in [0, 0.1) is 5.82 Å². The summed E-state index contributed by atoms with van der Waals surface area (Å²) >= 11 is 0. The molecule has 2 aromatic rings. The van der Waals surface area contributed by atoms with Crippen LogP contribution in [0.2, 0.25) is 0 Å². The average molecular weight is 532 g/mol. The van der Waals surface area contributed by atoms with Crippen LogP contribution < -0.4 is 9.62 Å². The number of halogens is 4. The molecule has 0 heterocycles. The van der Waals surface area contributed by atoms with Gasteiger partial charge in [0.15, 0.2) is 0 Å². The Morgan fingerprint density at radius 3 is 2.25 bits per heavy atom. The van der Waals surface area contributed by atoms with Gasteiger partial charge in [-0.2, -0.15) is 13.2 Å². The molecule has 0 spiro atoms. The zero-order valence-corrected chi connectivity index (χ0v) is 21.2. The maximum absolute atomic E-state index is 14.4. The summed E-state index contributed by atoms with van der Waals surface area (Å²) in [5.74, 6) is -2.07. The summed E-state index contributed by atoms with van der Waals surface area (Å²) in [6.07, 6.45) is -3.37. The zero-order valence-electron chi connectivity index (χ0n) is 20.3. The third-order valence-electron chi connectivity index (χ3n) is 5.61. The molecule has 0 saturated carbocycles. The highest BCUT2D eigenvalue weighted by atomic mass is 32.2. The minimum atomic E-state index is -4.73. The smallest absolute Gasteiger partial charge is 0.352 e. The quantitative estimate of drug-likeness (QED) is 0.471. The highest BCUT2D eigenvalue weighted by Gasteiger charge is 2.34. The second kappa shape index (κ2) is 11.7. The Hall–Kier alpha value is -3.15. The molecule has 0 bridgehead atoms. The lowest BCUT2D eigenvalue weighted by molar-refractivity contribution is -0.139. The molecule has 2 amide bonds. The minimum absolute atomic E-state index is 0.0824. The molecule has 0 aromatic heterocycles. The lowest BCUT2D eigenvalue weighted by atomic mass is 10.1. The van der Waals surface area contributed by atoms with Gasteiger partial charge in [-0.3, -0.25) is 13.9 Å². The molecule has 198 valence electrons. The highest BCUT2D eigenvalue weighted by molar-refractivity contribution is 7.92. The van der Waals surface area contributed by atoms with Crippen LogP contribution in [0.15, 0.2) is 48.5 Å². The van der Waals surface area contributed by atoms with E-state index in [0.717, 1.165) is 29.4 Å². The molecule has 0 aliphatic heterocycles. The summed E-state index contributed by atoms with van der Waals surface area (Å²) in [7, 11) is -4.21. The van der Waals surface area contributed by atoms with Crippen molar-refractivity contribution in [3.63, 3.8) is 0 Å². The number of nitrogens with one attached hydrogen (secondary N) is 1. The van der Waals surface area contributed by atoms with Crippen LogP contribution >= 0.6 is 0 Å². The van der Waals surface area contributed by atoms with E-state index in [1.165, 1.54) is 31.2 Å². The number of sulfonamides is 1. The predicted octanol–water partition coefficient (Wildman–Crippen LogP) is 3.94. The van der Waals surface area contributed by atoms with E-state index in [1.807, 2.05) is 6.92 Å². The molecular weight excluding hydrogens is 502 g/mol. The minimum Gasteiger partial charge on any atom is -0.352 e. The second-order valence-electron chi connectivity index (χ2n) is 8.42. The lowest BCUT2D eigenvalue weighted by Crippen LogP contribution is -2.52. The molecule has 0 unspecified atom stereocenters. The van der Waals surface area contributed by atoms with Gasteiger partial charge in [-0.05, 0) is 44.5 Å². The van der Waals surface area contributed by atoms with Crippen LogP contribution in [0.5, 0.6) is 0 Å². The maximum atomic E-state index is 14.4. The Labute approximate surface area is 208 Å². The van der Waals surface area contributed by atoms with E-state index in [4.69, 9.17) is 0 Å². The molecule has 7 nitrogen and oxygen atoms in total. The molecule has 2 aromatic carbocycles. The number of hydrogen-bond donors (Lipinski definition) is 1. The number of alkyl halides is 3. The predicted molar refractivity (Wildman–Crippen MR) is 128 cm³/mol. The first kappa shape index (κ1) is 29.1. The molecule has 12 heteroatoms. The van der Waals surface area contributed by atoms with E-state index in [2.05, 4.69) is 5.32 Å². The van der Waals surface area contributed by atoms with E-state index >= 15 is 0 Å². The average Bonchev–Trinajstić information content (AvgIpc) is 2.80. The van der Waals surface area contributed by atoms with Crippen LogP contribution in [-0.4, -0.2) is 50.0 Å². The van der Waals surface area contributed by atoms with E-state index in [9.17, 15) is 35.6 Å². The van der Waals surface area contributed by atoms with E-state index in [1.54, 1.807) is 6.92 Å². The molecule has 0 aliphatic carbocycles. The van der Waals surface area contributed by atoms with Crippen LogP contribution in [-0.2, 0) is 32.3 Å². The number of rotatable bonds is 10. The van der Waals surface area contributed by atoms with Crippen molar-refractivity contribution in [3.8, 4) is 0 Å². The van der Waals surface area contributed by atoms with Crippen molar-refractivity contribution in [2.75, 3.05) is 17.1 Å². The Morgan fingerprint density at radius 2 is 1.69 bits per heavy atom. The van der Waals surface area contributed by atoms with Crippen molar-refractivity contribution in [2.24, 2.45) is 0 Å². The molecule has 2 atom stereocenters. The Kier molecular flexibility index (Phi) is 9.47. The number of benzene rings is 2. The van der Waals surface area contributed by atoms with Crippen LogP contribution in [0.1, 0.15) is 38.3 Å². The molecule has 1 N–H and O–H groups in total. The van der Waals surface area contributed by atoms with Gasteiger partial charge in [0.1, 0.15) is 18.4 Å². The van der Waals surface area contributed by atoms with Gasteiger partial charge in [0.2, 0.25) is 21.8 Å². The maximum Gasteiger partial charge on any atom is 0.416 e. The topological polar surface area (TPSA) is 86.8 Å². The summed E-state index contributed by atoms with van der Waals surface area (Å²) in [5.41, 5.74) is -1.38. The van der Waals surface area contributed by atoms with Gasteiger partial charge in [0, 0.05) is 18.2 Å². The van der Waals surface area contributed by atoms with Crippen molar-refractivity contribution in [2.45, 2.75) is 52.0 Å². The standard InChI is InChI=1S/C24H29F4N3O4S/c1-5-16(2)29-23(33)17(3)30(14-18-9-6-7-12-21(18)25)22(32)15-31(36(4,34)35)20-11-8-10-19(13-20)24(26,27)28/h6-13,16-17H,5,14-15H2,1-4H3,(H,29,33)/t16-,17+/m1/s1. The first-order valence-electron chi connectivity index (χ1n) is 11.1. The fourth-order valence-electron chi connectivity index (χ4n) is 3.31. The Morgan fingerprint density at radius 1 is 1.06 bits per heavy atom. The van der Waals surface area contributed by atoms with Gasteiger partial charge in [0.05, 0.1) is 17.5 Å². The third kappa shape index (κ3) is 7.67. The molecular formula is C24H29F4N3O4S. The number of hydrogen-bond acceptors (Lipinski definition) is 4. The second-order valence-corrected chi connectivity index (χ2v) is 10.3. The number of carbonyl (C=O) groups is 2. The molecule has 0 radical (unpaired) electrons. The van der Waals surface area contributed by atoms with Crippen molar-refractivity contribution in [1.29, 1.82) is 0 Å². The van der Waals surface area contributed by atoms with Crippen molar-refractivity contribution in [3.05, 3.63) is 65.5 Å². The third-order valence-corrected chi connectivity index (χ3v) is 6.75. The van der Waals surface area contributed by atoms with Gasteiger partial charge in [0.25, 0.3) is 0 Å². The molecule has 0 fully saturated rings. The molecule has 0 aliphatic rings. The van der Waals surface area contributed by atoms with Crippen molar-refractivity contribution < 1.29 is 35.6 Å². The normalized spacial score (nSPS) is 13.6. The van der Waals surface area contributed by atoms with Crippen LogP contribution in [0.25, 0.3) is 0 Å². The van der Waals surface area contributed by atoms with E-state index in [-0.39, 0.29) is 23.8 Å². The molecule has 2 rings (SSSR count). The number of nitrogens with zero attached hydrogens (tertiary/aromatic N) is 2. The fraction of sp³-hybridized carbons (Fsp3) is 0.417. The van der Waals surface area contributed by atoms with Gasteiger partial charge in [-0.15, -0.1) is 0 Å². The highest BCUT2D eigenvalue weighted by Crippen LogP contribution is 2.32. The van der Waals surface area contributed by atoms with Crippen molar-refractivity contribution in [1.82, 2.24) is 10.2 Å². The largest absolute Gasteiger partial charge is 0.416 e. The van der Waals surface area contributed by atoms with E-state index < -0.39 is 52.0 Å². The fourth-order valence-corrected chi connectivity index (χ4v) is 4.15. The van der Waals surface area contributed by atoms with Crippen LogP contribution in [0.4, 0.5) is 23.2 Å². The van der Waals surface area contributed by atoms with Gasteiger partial charge >= 0.3 is 6.18 Å². The number of carbonyl (C=O) groups excluding carboxylic acids is 2. The van der Waals surface area contributed by atoms with Crippen molar-refractivity contribution >= 4 is 27.5 Å². The first-order chi connectivity index (χ1) is 16.6. The molecule has 36 heavy (non-hydrogen) atoms. The first-order valence-corrected chi connectivity index (χ1v) is 13.0. The van der Waals surface area contributed by atoms with Gasteiger partial charge < -0.3 is 10.2 Å². The summed E-state index contributed by atoms with van der Waals surface area (Å²) in [4.78, 5) is 27.2. The number of amides is 2. The summed E-state index contributed by atoms with van der Waals surface area (Å²) < 4.78 is 79.5. The summed E-state index contributed by atoms with van der Waals surface area (Å²) in [6, 6.07) is 7.77.